The number of rotatable bonds is 32. The van der Waals surface area contributed by atoms with Crippen LogP contribution < -0.4 is 0 Å². The summed E-state index contributed by atoms with van der Waals surface area (Å²) in [7, 11) is 0. The van der Waals surface area contributed by atoms with Crippen LogP contribution in [0.2, 0.25) is 0 Å². The number of hydrogen-bond donors (Lipinski definition) is 32. The Morgan fingerprint density at radius 1 is 0.231 bits per heavy atom. The quantitative estimate of drug-likeness (QED) is 0.0278. The first-order valence-electron chi connectivity index (χ1n) is 21.5. The second kappa shape index (κ2) is 52.8. The average Bonchev–Trinajstić information content (AvgIpc) is 3.48. The van der Waals surface area contributed by atoms with Crippen LogP contribution in [0.25, 0.3) is 0 Å². The van der Waals surface area contributed by atoms with Gasteiger partial charge in [-0.3, -0.25) is 14.4 Å². The van der Waals surface area contributed by atoms with Gasteiger partial charge in [0.05, 0.1) is 46.2 Å². The van der Waals surface area contributed by atoms with Gasteiger partial charge >= 0.3 is 0 Å². The van der Waals surface area contributed by atoms with Gasteiger partial charge in [0.2, 0.25) is 0 Å². The number of hydrogen-bond acceptors (Lipinski definition) is 39. The van der Waals surface area contributed by atoms with E-state index in [2.05, 4.69) is 0 Å². The van der Waals surface area contributed by atoms with E-state index in [1.165, 1.54) is 0 Å². The molecule has 0 aromatic heterocycles. The Bertz CT molecular complexity index is 1390. The zero-order valence-corrected chi connectivity index (χ0v) is 40.8. The molecule has 0 aromatic carbocycles. The first-order chi connectivity index (χ1) is 36.0. The molecule has 78 heavy (non-hydrogen) atoms. The number of aliphatic hydroxyl groups excluding tert-OH is 32. The van der Waals surface area contributed by atoms with Gasteiger partial charge in [0.1, 0.15) is 154 Å². The predicted molar refractivity (Wildman–Crippen MR) is 242 cm³/mol. The SMILES string of the molecule is O=C(CO)[C@@H](O)[C@@H](O)[C@H](O)CO.O=C(CO)[C@@H](O)[C@H](O)CO.O=C(CO)[C@@H](O)[C@H](O)[C@H](O)CO.O=C[C@@H](O)[C@@H](O)[C@@H](O)CO.O=C[C@@H](O)[C@@H](O)[C@@H](O)[C@H](O)CO.O=C[C@@H](O)[C@@H](O)[C@H](O)CO.O=C[C@@H](O)[C@@H](O)[C@H](O)[C@H](O)CO. The lowest BCUT2D eigenvalue weighted by Gasteiger charge is -2.22. The number of aliphatic hydroxyl groups is 32. The molecule has 0 fully saturated rings. The van der Waals surface area contributed by atoms with E-state index in [4.69, 9.17) is 163 Å². The fraction of sp³-hybridized carbons (Fsp3) is 0.821. The molecular weight excluding hydrogens is 1090 g/mol. The molecule has 0 aromatic rings. The summed E-state index contributed by atoms with van der Waals surface area (Å²) in [5.41, 5.74) is 0. The summed E-state index contributed by atoms with van der Waals surface area (Å²) in [6.45, 7) is -7.81. The second-order valence-corrected chi connectivity index (χ2v) is 14.9. The first kappa shape index (κ1) is 88.2. The summed E-state index contributed by atoms with van der Waals surface area (Å²) in [5, 5.41) is 275. The molecule has 22 atom stereocenters. The fourth-order valence-corrected chi connectivity index (χ4v) is 3.68. The molecule has 0 bridgehead atoms. The molecule has 39 heteroatoms. The molecule has 0 saturated carbocycles. The number of ketones is 3. The number of carbonyl (C=O) groups is 7. The third kappa shape index (κ3) is 39.7. The van der Waals surface area contributed by atoms with Crippen LogP contribution in [-0.2, 0) is 33.6 Å². The highest BCUT2D eigenvalue weighted by molar-refractivity contribution is 5.85. The highest BCUT2D eigenvalue weighted by atomic mass is 16.4. The smallest absolute Gasteiger partial charge is 0.189 e. The molecular formula is C39H78O39. The molecule has 0 aliphatic heterocycles. The van der Waals surface area contributed by atoms with Gasteiger partial charge in [-0.25, -0.2) is 0 Å². The lowest BCUT2D eigenvalue weighted by Crippen LogP contribution is -2.46. The molecule has 0 radical (unpaired) electrons. The van der Waals surface area contributed by atoms with Crippen LogP contribution >= 0.6 is 0 Å². The highest BCUT2D eigenvalue weighted by Gasteiger charge is 2.32. The summed E-state index contributed by atoms with van der Waals surface area (Å²) in [6.07, 6.45) is -36.6. The van der Waals surface area contributed by atoms with Gasteiger partial charge in [-0.15, -0.1) is 0 Å². The van der Waals surface area contributed by atoms with Crippen molar-refractivity contribution in [1.29, 1.82) is 0 Å². The summed E-state index contributed by atoms with van der Waals surface area (Å²) >= 11 is 0. The highest BCUT2D eigenvalue weighted by Crippen LogP contribution is 2.05. The van der Waals surface area contributed by atoms with Crippen molar-refractivity contribution >= 4 is 42.5 Å². The van der Waals surface area contributed by atoms with Crippen molar-refractivity contribution in [2.24, 2.45) is 0 Å². The van der Waals surface area contributed by atoms with E-state index >= 15 is 0 Å². The average molecular weight is 1170 g/mol. The van der Waals surface area contributed by atoms with E-state index in [0.717, 1.165) is 0 Å². The molecule has 0 saturated heterocycles. The molecule has 0 aliphatic rings. The van der Waals surface area contributed by atoms with E-state index in [1.807, 2.05) is 0 Å². The summed E-state index contributed by atoms with van der Waals surface area (Å²) in [4.78, 5) is 70.7. The Balaban J connectivity index is -0.000000151. The van der Waals surface area contributed by atoms with E-state index in [-0.39, 0.29) is 25.1 Å². The molecule has 39 nitrogen and oxygen atoms in total. The number of carbonyl (C=O) groups excluding carboxylic acids is 7. The monoisotopic (exact) mass is 1170 g/mol. The Morgan fingerprint density at radius 2 is 0.397 bits per heavy atom. The maximum Gasteiger partial charge on any atom is 0.189 e. The van der Waals surface area contributed by atoms with Crippen LogP contribution in [0.3, 0.4) is 0 Å². The minimum absolute atomic E-state index is 0.0258. The van der Waals surface area contributed by atoms with Crippen molar-refractivity contribution in [3.63, 3.8) is 0 Å². The maximum atomic E-state index is 10.5. The predicted octanol–water partition coefficient (Wildman–Crippen LogP) is -21.7. The van der Waals surface area contributed by atoms with Crippen molar-refractivity contribution in [1.82, 2.24) is 0 Å². The van der Waals surface area contributed by atoms with Crippen molar-refractivity contribution in [3.05, 3.63) is 0 Å². The van der Waals surface area contributed by atoms with Gasteiger partial charge in [0.25, 0.3) is 0 Å². The van der Waals surface area contributed by atoms with Crippen molar-refractivity contribution in [2.75, 3.05) is 66.1 Å². The first-order valence-corrected chi connectivity index (χ1v) is 21.5. The van der Waals surface area contributed by atoms with Crippen LogP contribution in [-0.4, -0.2) is 406 Å². The molecule has 0 spiro atoms. The summed E-state index contributed by atoms with van der Waals surface area (Å²) < 4.78 is 0. The van der Waals surface area contributed by atoms with Gasteiger partial charge in [-0.05, 0) is 0 Å². The lowest BCUT2D eigenvalue weighted by molar-refractivity contribution is -0.143. The largest absolute Gasteiger partial charge is 0.394 e. The number of Topliss-reactive ketones (excluding diaryl/α,β-unsaturated/α-hetero) is 3. The molecule has 0 heterocycles. The molecule has 32 N–H and O–H groups in total. The molecule has 0 rings (SSSR count). The molecule has 0 unspecified atom stereocenters. The zero-order valence-electron chi connectivity index (χ0n) is 40.8. The van der Waals surface area contributed by atoms with Crippen molar-refractivity contribution < 1.29 is 197 Å². The fourth-order valence-electron chi connectivity index (χ4n) is 3.68. The van der Waals surface area contributed by atoms with E-state index in [0.29, 0.717) is 0 Å². The standard InChI is InChI=1S/4C6H12O6.3C5H10O5/c4*7-1-3(9)5(11)6(12)4(10)2-8;3*6-1-3(8)5(10)4(9)2-7/h2*3,5-9,11-12H,1-2H2;2*1,3-6,8-12H,2H2;3,5-8,10H,1-2H2;2*1,3-5,7-10H,2H2/t3-,5+,6-;3-,5-,6-;3-,4-,5-,6+;3-,4-,5-,6-;3-,5+;3-,4+,5-;3-,4-,5-/m1111111/s1. The topological polar surface area (TPSA) is 767 Å². The van der Waals surface area contributed by atoms with Gasteiger partial charge < -0.3 is 183 Å². The van der Waals surface area contributed by atoms with Crippen molar-refractivity contribution in [2.45, 2.75) is 134 Å². The normalized spacial score (nSPS) is 19.3. The Kier molecular flexibility index (Phi) is 59.7. The lowest BCUT2D eigenvalue weighted by atomic mass is 10.0. The molecule has 468 valence electrons. The molecule has 0 amide bonds. The van der Waals surface area contributed by atoms with Gasteiger partial charge in [0, 0.05) is 0 Å². The Labute approximate surface area is 439 Å². The Morgan fingerprint density at radius 3 is 0.577 bits per heavy atom. The van der Waals surface area contributed by atoms with E-state index in [9.17, 15) is 33.6 Å². The third-order valence-corrected chi connectivity index (χ3v) is 8.80. The van der Waals surface area contributed by atoms with Gasteiger partial charge in [0.15, 0.2) is 42.5 Å². The van der Waals surface area contributed by atoms with E-state index < -0.39 is 218 Å². The minimum Gasteiger partial charge on any atom is -0.394 e. The summed E-state index contributed by atoms with van der Waals surface area (Å²) in [5.74, 6) is -2.91. The third-order valence-electron chi connectivity index (χ3n) is 8.80. The van der Waals surface area contributed by atoms with Gasteiger partial charge in [-0.1, -0.05) is 0 Å². The Hall–Kier alpha value is -3.59. The van der Waals surface area contributed by atoms with Crippen LogP contribution in [0.5, 0.6) is 0 Å². The van der Waals surface area contributed by atoms with Gasteiger partial charge in [-0.2, -0.15) is 0 Å². The molecule has 0 aliphatic carbocycles. The van der Waals surface area contributed by atoms with Crippen molar-refractivity contribution in [3.8, 4) is 0 Å². The second-order valence-electron chi connectivity index (χ2n) is 14.9. The van der Waals surface area contributed by atoms with Crippen LogP contribution in [0.15, 0.2) is 0 Å². The minimum atomic E-state index is -1.86. The van der Waals surface area contributed by atoms with Crippen LogP contribution in [0, 0.1) is 0 Å². The summed E-state index contributed by atoms with van der Waals surface area (Å²) in [6, 6.07) is 0. The van der Waals surface area contributed by atoms with Crippen LogP contribution in [0.4, 0.5) is 0 Å². The number of aldehydes is 4. The maximum absolute atomic E-state index is 10.5. The zero-order chi connectivity index (χ0) is 63.3. The van der Waals surface area contributed by atoms with Crippen LogP contribution in [0.1, 0.15) is 0 Å². The van der Waals surface area contributed by atoms with E-state index in [1.54, 1.807) is 0 Å².